The number of anilines is 4. The normalized spacial score (nSPS) is 10.7. The van der Waals surface area contributed by atoms with Gasteiger partial charge in [-0.25, -0.2) is 9.78 Å². The van der Waals surface area contributed by atoms with Gasteiger partial charge in [-0.05, 0) is 57.2 Å². The fraction of sp³-hybridized carbons (Fsp3) is 0.278. The standard InChI is InChI=1S/C18H22N4O3/c1-12(23)20-13-5-7-14(8-6-13)21-15-9-10-16(19-11-15)22-17(24)25-18(2,3)4/h5-11,21H,1-4H3,(H,20,23)(H,19,22,24). The van der Waals surface area contributed by atoms with Crippen LogP contribution in [0.15, 0.2) is 42.6 Å². The second kappa shape index (κ2) is 7.65. The van der Waals surface area contributed by atoms with Crippen molar-refractivity contribution in [1.82, 2.24) is 4.98 Å². The van der Waals surface area contributed by atoms with Crippen LogP contribution in [0, 0.1) is 0 Å². The first-order chi connectivity index (χ1) is 11.7. The Kier molecular flexibility index (Phi) is 5.59. The number of amides is 2. The molecule has 0 spiro atoms. The summed E-state index contributed by atoms with van der Waals surface area (Å²) in [6.07, 6.45) is 1.06. The molecule has 0 saturated carbocycles. The Morgan fingerprint density at radius 3 is 2.04 bits per heavy atom. The molecule has 0 saturated heterocycles. The second-order valence-corrected chi connectivity index (χ2v) is 6.44. The topological polar surface area (TPSA) is 92.4 Å². The van der Waals surface area contributed by atoms with Gasteiger partial charge < -0.3 is 15.4 Å². The molecule has 3 N–H and O–H groups in total. The maximum Gasteiger partial charge on any atom is 0.413 e. The van der Waals surface area contributed by atoms with Crippen molar-refractivity contribution in [2.75, 3.05) is 16.0 Å². The van der Waals surface area contributed by atoms with Gasteiger partial charge >= 0.3 is 6.09 Å². The molecule has 2 aromatic rings. The van der Waals surface area contributed by atoms with Crippen LogP contribution in [0.25, 0.3) is 0 Å². The van der Waals surface area contributed by atoms with E-state index in [1.54, 1.807) is 51.2 Å². The summed E-state index contributed by atoms with van der Waals surface area (Å²) in [4.78, 5) is 26.9. The average Bonchev–Trinajstić information content (AvgIpc) is 2.49. The van der Waals surface area contributed by atoms with Crippen LogP contribution in [0.3, 0.4) is 0 Å². The summed E-state index contributed by atoms with van der Waals surface area (Å²) < 4.78 is 5.17. The molecule has 7 nitrogen and oxygen atoms in total. The Hall–Kier alpha value is -3.09. The summed E-state index contributed by atoms with van der Waals surface area (Å²) in [6.45, 7) is 6.85. The van der Waals surface area contributed by atoms with E-state index in [0.717, 1.165) is 17.1 Å². The summed E-state index contributed by atoms with van der Waals surface area (Å²) >= 11 is 0. The Morgan fingerprint density at radius 1 is 0.920 bits per heavy atom. The first-order valence-electron chi connectivity index (χ1n) is 7.82. The smallest absolute Gasteiger partial charge is 0.413 e. The van der Waals surface area contributed by atoms with Gasteiger partial charge in [0.1, 0.15) is 11.4 Å². The maximum atomic E-state index is 11.7. The van der Waals surface area contributed by atoms with Crippen molar-refractivity contribution in [2.45, 2.75) is 33.3 Å². The van der Waals surface area contributed by atoms with Crippen molar-refractivity contribution >= 4 is 34.9 Å². The summed E-state index contributed by atoms with van der Waals surface area (Å²) in [7, 11) is 0. The molecule has 0 bridgehead atoms. The Labute approximate surface area is 146 Å². The van der Waals surface area contributed by atoms with E-state index in [1.165, 1.54) is 6.92 Å². The number of nitrogens with one attached hydrogen (secondary N) is 3. The molecular weight excluding hydrogens is 320 g/mol. The van der Waals surface area contributed by atoms with Gasteiger partial charge in [0.25, 0.3) is 0 Å². The molecule has 0 radical (unpaired) electrons. The third kappa shape index (κ3) is 6.50. The first-order valence-corrected chi connectivity index (χ1v) is 7.82. The SMILES string of the molecule is CC(=O)Nc1ccc(Nc2ccc(NC(=O)OC(C)(C)C)nc2)cc1. The average molecular weight is 342 g/mol. The molecule has 2 rings (SSSR count). The molecule has 1 heterocycles. The van der Waals surface area contributed by atoms with Crippen molar-refractivity contribution in [2.24, 2.45) is 0 Å². The Balaban J connectivity index is 1.93. The van der Waals surface area contributed by atoms with Crippen molar-refractivity contribution < 1.29 is 14.3 Å². The van der Waals surface area contributed by atoms with Gasteiger partial charge in [-0.15, -0.1) is 0 Å². The van der Waals surface area contributed by atoms with E-state index >= 15 is 0 Å². The minimum Gasteiger partial charge on any atom is -0.444 e. The summed E-state index contributed by atoms with van der Waals surface area (Å²) in [5.74, 6) is 0.291. The number of benzene rings is 1. The van der Waals surface area contributed by atoms with Crippen molar-refractivity contribution in [3.8, 4) is 0 Å². The van der Waals surface area contributed by atoms with Crippen LogP contribution in [-0.2, 0) is 9.53 Å². The number of nitrogens with zero attached hydrogens (tertiary/aromatic N) is 1. The summed E-state index contributed by atoms with van der Waals surface area (Å²) in [5.41, 5.74) is 1.79. The predicted molar refractivity (Wildman–Crippen MR) is 98.1 cm³/mol. The highest BCUT2D eigenvalue weighted by atomic mass is 16.6. The summed E-state index contributed by atoms with van der Waals surface area (Å²) in [6, 6.07) is 10.8. The van der Waals surface area contributed by atoms with Gasteiger partial charge in [-0.2, -0.15) is 0 Å². The lowest BCUT2D eigenvalue weighted by Crippen LogP contribution is -2.27. The predicted octanol–water partition coefficient (Wildman–Crippen LogP) is 4.13. The Morgan fingerprint density at radius 2 is 1.52 bits per heavy atom. The zero-order valence-electron chi connectivity index (χ0n) is 14.7. The molecule has 0 fully saturated rings. The van der Waals surface area contributed by atoms with Crippen LogP contribution < -0.4 is 16.0 Å². The van der Waals surface area contributed by atoms with Crippen molar-refractivity contribution in [1.29, 1.82) is 0 Å². The number of ether oxygens (including phenoxy) is 1. The molecule has 0 unspecified atom stereocenters. The highest BCUT2D eigenvalue weighted by Gasteiger charge is 2.16. The number of hydrogen-bond acceptors (Lipinski definition) is 5. The molecule has 0 aliphatic carbocycles. The van der Waals surface area contributed by atoms with Crippen molar-refractivity contribution in [3.63, 3.8) is 0 Å². The second-order valence-electron chi connectivity index (χ2n) is 6.44. The van der Waals surface area contributed by atoms with Gasteiger partial charge in [0, 0.05) is 18.3 Å². The molecule has 132 valence electrons. The van der Waals surface area contributed by atoms with E-state index in [0.29, 0.717) is 5.82 Å². The fourth-order valence-electron chi connectivity index (χ4n) is 1.96. The van der Waals surface area contributed by atoms with E-state index in [2.05, 4.69) is 20.9 Å². The quantitative estimate of drug-likeness (QED) is 0.777. The van der Waals surface area contributed by atoms with Gasteiger partial charge in [-0.1, -0.05) is 0 Å². The third-order valence-corrected chi connectivity index (χ3v) is 2.89. The van der Waals surface area contributed by atoms with Gasteiger partial charge in [0.15, 0.2) is 0 Å². The van der Waals surface area contributed by atoms with Gasteiger partial charge in [-0.3, -0.25) is 10.1 Å². The van der Waals surface area contributed by atoms with E-state index in [9.17, 15) is 9.59 Å². The number of aromatic nitrogens is 1. The zero-order chi connectivity index (χ0) is 18.4. The van der Waals surface area contributed by atoms with Gasteiger partial charge in [0.2, 0.25) is 5.91 Å². The molecule has 0 aliphatic heterocycles. The number of hydrogen-bond donors (Lipinski definition) is 3. The highest BCUT2D eigenvalue weighted by molar-refractivity contribution is 5.89. The minimum absolute atomic E-state index is 0.113. The lowest BCUT2D eigenvalue weighted by molar-refractivity contribution is -0.114. The molecule has 0 atom stereocenters. The monoisotopic (exact) mass is 342 g/mol. The Bertz CT molecular complexity index is 734. The van der Waals surface area contributed by atoms with Crippen LogP contribution in [-0.4, -0.2) is 22.6 Å². The van der Waals surface area contributed by atoms with Crippen LogP contribution in [0.5, 0.6) is 0 Å². The number of rotatable bonds is 4. The largest absolute Gasteiger partial charge is 0.444 e. The zero-order valence-corrected chi connectivity index (χ0v) is 14.7. The fourth-order valence-corrected chi connectivity index (χ4v) is 1.96. The maximum absolute atomic E-state index is 11.7. The third-order valence-electron chi connectivity index (χ3n) is 2.89. The van der Waals surface area contributed by atoms with Crippen LogP contribution in [0.4, 0.5) is 27.7 Å². The molecule has 25 heavy (non-hydrogen) atoms. The van der Waals surface area contributed by atoms with E-state index in [-0.39, 0.29) is 5.91 Å². The molecular formula is C18H22N4O3. The lowest BCUT2D eigenvalue weighted by atomic mass is 10.2. The summed E-state index contributed by atoms with van der Waals surface area (Å²) in [5, 5.41) is 8.47. The van der Waals surface area contributed by atoms with Crippen LogP contribution in [0.1, 0.15) is 27.7 Å². The minimum atomic E-state index is -0.561. The lowest BCUT2D eigenvalue weighted by Gasteiger charge is -2.19. The van der Waals surface area contributed by atoms with Gasteiger partial charge in [0.05, 0.1) is 11.9 Å². The first kappa shape index (κ1) is 18.3. The molecule has 0 aliphatic rings. The highest BCUT2D eigenvalue weighted by Crippen LogP contribution is 2.19. The van der Waals surface area contributed by atoms with Crippen LogP contribution in [0.2, 0.25) is 0 Å². The van der Waals surface area contributed by atoms with Crippen molar-refractivity contribution in [3.05, 3.63) is 42.6 Å². The van der Waals surface area contributed by atoms with E-state index in [4.69, 9.17) is 4.74 Å². The van der Waals surface area contributed by atoms with E-state index in [1.807, 2.05) is 12.1 Å². The molecule has 1 aromatic heterocycles. The molecule has 2 amide bonds. The van der Waals surface area contributed by atoms with E-state index < -0.39 is 11.7 Å². The molecule has 1 aromatic carbocycles. The van der Waals surface area contributed by atoms with Crippen LogP contribution >= 0.6 is 0 Å². The number of carbonyl (C=O) groups excluding carboxylic acids is 2. The molecule has 7 heteroatoms. The number of carbonyl (C=O) groups is 2. The number of pyridine rings is 1.